The number of hydrogen-bond acceptors (Lipinski definition) is 4. The molecule has 0 spiro atoms. The quantitative estimate of drug-likeness (QED) is 0.230. The number of anilines is 1. The highest BCUT2D eigenvalue weighted by Crippen LogP contribution is 2.32. The number of rotatable bonds is 11. The fourth-order valence-corrected chi connectivity index (χ4v) is 4.50. The van der Waals surface area contributed by atoms with Gasteiger partial charge in [-0.2, -0.15) is 0 Å². The molecule has 2 heterocycles. The molecule has 0 amide bonds. The molecule has 0 radical (unpaired) electrons. The molecule has 2 aromatic heterocycles. The molecule has 0 unspecified atom stereocenters. The zero-order chi connectivity index (χ0) is 24.8. The molecule has 5 heteroatoms. The number of imidazole rings is 1. The molecular weight excluding hydrogens is 430 g/mol. The average molecular weight is 472 g/mol. The molecule has 0 bridgehead atoms. The van der Waals surface area contributed by atoms with Crippen molar-refractivity contribution in [2.24, 2.45) is 0 Å². The highest BCUT2D eigenvalue weighted by Gasteiger charge is 2.21. The number of aryl methyl sites for hydroxylation is 1. The Hall–Kier alpha value is -2.92. The Morgan fingerprint density at radius 3 is 2.29 bits per heavy atom. The normalized spacial score (nSPS) is 12.0. The third kappa shape index (κ3) is 6.21. The summed E-state index contributed by atoms with van der Waals surface area (Å²) < 4.78 is 2.43. The van der Waals surface area contributed by atoms with Crippen molar-refractivity contribution in [1.29, 1.82) is 0 Å². The van der Waals surface area contributed by atoms with Crippen molar-refractivity contribution in [2.75, 3.05) is 11.9 Å². The van der Waals surface area contributed by atoms with Crippen molar-refractivity contribution < 1.29 is 0 Å². The smallest absolute Gasteiger partial charge is 0.155 e. The minimum absolute atomic E-state index is 0.100. The van der Waals surface area contributed by atoms with E-state index in [1.54, 1.807) is 0 Å². The van der Waals surface area contributed by atoms with Crippen LogP contribution in [-0.4, -0.2) is 26.6 Å². The highest BCUT2D eigenvalue weighted by atomic mass is 15.1. The summed E-state index contributed by atoms with van der Waals surface area (Å²) in [6, 6.07) is 17.5. The lowest BCUT2D eigenvalue weighted by atomic mass is 10.1. The van der Waals surface area contributed by atoms with Gasteiger partial charge in [0.25, 0.3) is 0 Å². The van der Waals surface area contributed by atoms with Gasteiger partial charge in [0.05, 0.1) is 11.0 Å². The monoisotopic (exact) mass is 471 g/mol. The summed E-state index contributed by atoms with van der Waals surface area (Å²) in [5, 5.41) is 8.32. The van der Waals surface area contributed by atoms with E-state index in [1.807, 2.05) is 0 Å². The summed E-state index contributed by atoms with van der Waals surface area (Å²) in [4.78, 5) is 10.2. The van der Waals surface area contributed by atoms with E-state index in [4.69, 9.17) is 9.97 Å². The number of hydrogen-bond donors (Lipinski definition) is 2. The van der Waals surface area contributed by atoms with Crippen LogP contribution < -0.4 is 10.6 Å². The number of fused-ring (bicyclic) bond motifs is 3. The predicted octanol–water partition coefficient (Wildman–Crippen LogP) is 7.08. The van der Waals surface area contributed by atoms with Crippen LogP contribution in [0.3, 0.4) is 0 Å². The second-order valence-electron chi connectivity index (χ2n) is 10.6. The van der Waals surface area contributed by atoms with Crippen LogP contribution in [0, 0.1) is 0 Å². The number of pyridine rings is 1. The first-order valence-electron chi connectivity index (χ1n) is 13.2. The zero-order valence-corrected chi connectivity index (χ0v) is 22.1. The Labute approximate surface area is 210 Å². The molecule has 5 nitrogen and oxygen atoms in total. The van der Waals surface area contributed by atoms with Crippen LogP contribution in [0.4, 0.5) is 5.82 Å². The van der Waals surface area contributed by atoms with E-state index < -0.39 is 0 Å². The second-order valence-corrected chi connectivity index (χ2v) is 10.6. The van der Waals surface area contributed by atoms with Gasteiger partial charge in [-0.1, -0.05) is 69.2 Å². The van der Waals surface area contributed by atoms with Crippen LogP contribution in [0.2, 0.25) is 0 Å². The number of aromatic nitrogens is 3. The van der Waals surface area contributed by atoms with Crippen LogP contribution in [0.15, 0.2) is 48.5 Å². The van der Waals surface area contributed by atoms with Gasteiger partial charge in [-0.25, -0.2) is 9.97 Å². The average Bonchev–Trinajstić information content (AvgIpc) is 3.19. The molecule has 35 heavy (non-hydrogen) atoms. The van der Waals surface area contributed by atoms with Gasteiger partial charge < -0.3 is 15.2 Å². The minimum Gasteiger partial charge on any atom is -0.364 e. The van der Waals surface area contributed by atoms with Gasteiger partial charge >= 0.3 is 0 Å². The summed E-state index contributed by atoms with van der Waals surface area (Å²) in [7, 11) is 0. The van der Waals surface area contributed by atoms with Crippen molar-refractivity contribution in [2.45, 2.75) is 85.4 Å². The molecule has 0 aliphatic carbocycles. The van der Waals surface area contributed by atoms with Crippen LogP contribution in [-0.2, 0) is 19.5 Å². The molecule has 0 atom stereocenters. The van der Waals surface area contributed by atoms with Gasteiger partial charge in [-0.05, 0) is 57.4 Å². The van der Waals surface area contributed by atoms with Gasteiger partial charge in [0.2, 0.25) is 0 Å². The Morgan fingerprint density at radius 2 is 1.57 bits per heavy atom. The predicted molar refractivity (Wildman–Crippen MR) is 149 cm³/mol. The van der Waals surface area contributed by atoms with Crippen LogP contribution >= 0.6 is 0 Å². The zero-order valence-electron chi connectivity index (χ0n) is 22.1. The van der Waals surface area contributed by atoms with E-state index in [1.165, 1.54) is 29.5 Å². The summed E-state index contributed by atoms with van der Waals surface area (Å²) in [6.07, 6.45) is 5.69. The third-order valence-electron chi connectivity index (χ3n) is 6.31. The van der Waals surface area contributed by atoms with Gasteiger partial charge in [0.1, 0.15) is 11.3 Å². The minimum atomic E-state index is -0.100. The molecule has 0 saturated carbocycles. The standard InChI is InChI=1S/C30H41N5/c1-6-8-14-26-33-27-28(24-12-10-11-13-25(24)32-29(27)34-30(3,4)5)35(26)21-23-17-15-22(16-18-23)20-31-19-9-7-2/h10-13,15-18,31H,6-9,14,19-21H2,1-5H3,(H,32,34). The maximum Gasteiger partial charge on any atom is 0.155 e. The third-order valence-corrected chi connectivity index (χ3v) is 6.31. The molecule has 0 saturated heterocycles. The largest absolute Gasteiger partial charge is 0.364 e. The lowest BCUT2D eigenvalue weighted by Crippen LogP contribution is -2.26. The first-order chi connectivity index (χ1) is 16.9. The lowest BCUT2D eigenvalue weighted by Gasteiger charge is -2.22. The molecule has 4 aromatic rings. The van der Waals surface area contributed by atoms with Gasteiger partial charge in [0.15, 0.2) is 5.82 Å². The van der Waals surface area contributed by atoms with E-state index >= 15 is 0 Å². The fourth-order valence-electron chi connectivity index (χ4n) is 4.50. The first-order valence-corrected chi connectivity index (χ1v) is 13.2. The first kappa shape index (κ1) is 25.2. The van der Waals surface area contributed by atoms with Crippen molar-refractivity contribution >= 4 is 27.8 Å². The molecule has 186 valence electrons. The summed E-state index contributed by atoms with van der Waals surface area (Å²) >= 11 is 0. The van der Waals surface area contributed by atoms with E-state index in [-0.39, 0.29) is 5.54 Å². The van der Waals surface area contributed by atoms with E-state index in [2.05, 4.69) is 98.4 Å². The van der Waals surface area contributed by atoms with Crippen molar-refractivity contribution in [3.05, 3.63) is 65.5 Å². The maximum absolute atomic E-state index is 5.18. The number of nitrogens with zero attached hydrogens (tertiary/aromatic N) is 3. The Kier molecular flexibility index (Phi) is 8.07. The number of benzene rings is 2. The van der Waals surface area contributed by atoms with Gasteiger partial charge in [0, 0.05) is 30.4 Å². The van der Waals surface area contributed by atoms with Crippen LogP contribution in [0.1, 0.15) is 77.3 Å². The Morgan fingerprint density at radius 1 is 0.857 bits per heavy atom. The topological polar surface area (TPSA) is 54.8 Å². The molecule has 0 aliphatic heterocycles. The number of nitrogens with one attached hydrogen (secondary N) is 2. The Balaban J connectivity index is 1.75. The highest BCUT2D eigenvalue weighted by molar-refractivity contribution is 6.07. The molecule has 2 N–H and O–H groups in total. The second kappa shape index (κ2) is 11.2. The summed E-state index contributed by atoms with van der Waals surface area (Å²) in [5.41, 5.74) is 5.68. The van der Waals surface area contributed by atoms with Crippen molar-refractivity contribution in [3.63, 3.8) is 0 Å². The molecule has 2 aromatic carbocycles. The SMILES string of the molecule is CCCCNCc1ccc(Cn2c(CCCC)nc3c(NC(C)(C)C)nc4ccccc4c32)cc1. The molecule has 0 fully saturated rings. The lowest BCUT2D eigenvalue weighted by molar-refractivity contribution is 0.632. The molecular formula is C30H41N5. The maximum atomic E-state index is 5.18. The fraction of sp³-hybridized carbons (Fsp3) is 0.467. The summed E-state index contributed by atoms with van der Waals surface area (Å²) in [6.45, 7) is 13.8. The van der Waals surface area contributed by atoms with Gasteiger partial charge in [-0.3, -0.25) is 0 Å². The van der Waals surface area contributed by atoms with E-state index in [0.29, 0.717) is 0 Å². The number of unbranched alkanes of at least 4 members (excludes halogenated alkanes) is 2. The number of para-hydroxylation sites is 1. The summed E-state index contributed by atoms with van der Waals surface area (Å²) in [5.74, 6) is 2.01. The Bertz CT molecular complexity index is 1250. The van der Waals surface area contributed by atoms with E-state index in [9.17, 15) is 0 Å². The van der Waals surface area contributed by atoms with Gasteiger partial charge in [-0.15, -0.1) is 0 Å². The van der Waals surface area contributed by atoms with Crippen LogP contribution in [0.5, 0.6) is 0 Å². The van der Waals surface area contributed by atoms with E-state index in [0.717, 1.165) is 67.0 Å². The molecule has 0 aliphatic rings. The van der Waals surface area contributed by atoms with Crippen molar-refractivity contribution in [3.8, 4) is 0 Å². The van der Waals surface area contributed by atoms with Crippen molar-refractivity contribution in [1.82, 2.24) is 19.9 Å². The molecule has 4 rings (SSSR count). The van der Waals surface area contributed by atoms with Crippen LogP contribution in [0.25, 0.3) is 21.9 Å².